The molecular weight excluding hydrogens is 330 g/mol. The number of imidazole rings is 1. The third-order valence-electron chi connectivity index (χ3n) is 4.71. The third-order valence-corrected chi connectivity index (χ3v) is 4.71. The van der Waals surface area contributed by atoms with Gasteiger partial charge in [0.1, 0.15) is 11.9 Å². The summed E-state index contributed by atoms with van der Waals surface area (Å²) in [6.45, 7) is 0.985. The fourth-order valence-electron chi connectivity index (χ4n) is 3.40. The molecule has 1 aromatic carbocycles. The third kappa shape index (κ3) is 2.35. The predicted molar refractivity (Wildman–Crippen MR) is 95.8 cm³/mol. The van der Waals surface area contributed by atoms with Gasteiger partial charge in [0, 0.05) is 24.8 Å². The largest absolute Gasteiger partial charge is 0.464 e. The molecule has 3 heterocycles. The molecule has 0 saturated carbocycles. The number of hydrogen-bond donors (Lipinski definition) is 1. The molecule has 7 heteroatoms. The van der Waals surface area contributed by atoms with Crippen molar-refractivity contribution < 1.29 is 9.53 Å². The van der Waals surface area contributed by atoms with Crippen molar-refractivity contribution in [1.29, 1.82) is 5.26 Å². The van der Waals surface area contributed by atoms with Crippen molar-refractivity contribution >= 4 is 11.7 Å². The van der Waals surface area contributed by atoms with E-state index in [0.29, 0.717) is 0 Å². The number of carbonyl (C=O) groups excluding carboxylic acids is 1. The van der Waals surface area contributed by atoms with Crippen molar-refractivity contribution in [1.82, 2.24) is 14.1 Å². The van der Waals surface area contributed by atoms with E-state index >= 15 is 0 Å². The van der Waals surface area contributed by atoms with Crippen molar-refractivity contribution in [2.24, 2.45) is 0 Å². The number of nitrogens with two attached hydrogens (primary N) is 1. The highest BCUT2D eigenvalue weighted by Crippen LogP contribution is 2.28. The summed E-state index contributed by atoms with van der Waals surface area (Å²) in [6.07, 6.45) is 5.58. The molecule has 130 valence electrons. The van der Waals surface area contributed by atoms with E-state index in [4.69, 9.17) is 10.5 Å². The van der Waals surface area contributed by atoms with E-state index in [2.05, 4.69) is 9.55 Å². The van der Waals surface area contributed by atoms with E-state index in [-0.39, 0.29) is 16.9 Å². The van der Waals surface area contributed by atoms with Crippen LogP contribution in [-0.2, 0) is 17.7 Å². The van der Waals surface area contributed by atoms with E-state index in [1.807, 2.05) is 36.5 Å². The molecule has 1 aliphatic rings. The maximum atomic E-state index is 12.1. The van der Waals surface area contributed by atoms with Gasteiger partial charge in [-0.25, -0.2) is 9.78 Å². The second kappa shape index (κ2) is 6.08. The summed E-state index contributed by atoms with van der Waals surface area (Å²) in [4.78, 5) is 16.6. The Labute approximate surface area is 150 Å². The number of nitrogen functional groups attached to an aromatic ring is 1. The van der Waals surface area contributed by atoms with Crippen LogP contribution in [0.5, 0.6) is 0 Å². The van der Waals surface area contributed by atoms with Crippen molar-refractivity contribution in [3.63, 3.8) is 0 Å². The Balaban J connectivity index is 1.76. The maximum Gasteiger partial charge on any atom is 0.357 e. The molecule has 0 amide bonds. The summed E-state index contributed by atoms with van der Waals surface area (Å²) < 4.78 is 8.63. The van der Waals surface area contributed by atoms with Crippen molar-refractivity contribution in [3.05, 3.63) is 53.7 Å². The Hall–Kier alpha value is -3.53. The zero-order valence-electron chi connectivity index (χ0n) is 14.3. The number of rotatable bonds is 3. The zero-order valence-corrected chi connectivity index (χ0v) is 14.3. The molecule has 0 saturated heterocycles. The average molecular weight is 347 g/mol. The van der Waals surface area contributed by atoms with Crippen LogP contribution >= 0.6 is 0 Å². The highest BCUT2D eigenvalue weighted by molar-refractivity contribution is 5.96. The van der Waals surface area contributed by atoms with Crippen molar-refractivity contribution in [2.75, 3.05) is 12.8 Å². The van der Waals surface area contributed by atoms with Crippen LogP contribution < -0.4 is 5.73 Å². The number of fused-ring (bicyclic) bond motifs is 1. The van der Waals surface area contributed by atoms with Crippen LogP contribution in [0.1, 0.15) is 28.3 Å². The number of nitriles is 1. The van der Waals surface area contributed by atoms with Crippen molar-refractivity contribution in [2.45, 2.75) is 19.4 Å². The Bertz CT molecular complexity index is 1040. The second-order valence-electron chi connectivity index (χ2n) is 6.14. The summed E-state index contributed by atoms with van der Waals surface area (Å²) in [6, 6.07) is 9.72. The first kappa shape index (κ1) is 16.0. The van der Waals surface area contributed by atoms with Gasteiger partial charge in [-0.15, -0.1) is 0 Å². The number of anilines is 1. The van der Waals surface area contributed by atoms with E-state index in [1.165, 1.54) is 7.11 Å². The first-order valence-corrected chi connectivity index (χ1v) is 8.28. The van der Waals surface area contributed by atoms with Crippen LogP contribution in [0.3, 0.4) is 0 Å². The molecule has 7 nitrogen and oxygen atoms in total. The van der Waals surface area contributed by atoms with Gasteiger partial charge in [0.2, 0.25) is 0 Å². The minimum absolute atomic E-state index is 0.122. The number of hydrogen-bond acceptors (Lipinski definition) is 5. The van der Waals surface area contributed by atoms with Gasteiger partial charge in [-0.1, -0.05) is 12.1 Å². The molecule has 1 aliphatic heterocycles. The lowest BCUT2D eigenvalue weighted by molar-refractivity contribution is 0.0593. The number of esters is 1. The average Bonchev–Trinajstić information content (AvgIpc) is 3.35. The summed E-state index contributed by atoms with van der Waals surface area (Å²) >= 11 is 0. The fourth-order valence-corrected chi connectivity index (χ4v) is 3.40. The first-order valence-electron chi connectivity index (χ1n) is 8.28. The predicted octanol–water partition coefficient (Wildman–Crippen LogP) is 2.53. The maximum absolute atomic E-state index is 12.1. The van der Waals surface area contributed by atoms with Gasteiger partial charge >= 0.3 is 5.97 Å². The number of aryl methyl sites for hydroxylation is 1. The molecule has 2 aromatic heterocycles. The summed E-state index contributed by atoms with van der Waals surface area (Å²) in [7, 11) is 1.29. The molecule has 26 heavy (non-hydrogen) atoms. The number of methoxy groups -OCH3 is 1. The molecule has 0 atom stereocenters. The molecule has 0 bridgehead atoms. The SMILES string of the molecule is COC(=O)c1c(N)c(C#N)cn1-c1ccc(-c2cnc3n2CCC3)cc1. The van der Waals surface area contributed by atoms with Crippen LogP contribution in [0.2, 0.25) is 0 Å². The molecule has 0 unspecified atom stereocenters. The van der Waals surface area contributed by atoms with Gasteiger partial charge in [-0.2, -0.15) is 5.26 Å². The minimum atomic E-state index is -0.582. The topological polar surface area (TPSA) is 98.9 Å². The number of nitrogens with zero attached hydrogens (tertiary/aromatic N) is 4. The normalized spacial score (nSPS) is 12.6. The molecule has 0 aliphatic carbocycles. The quantitative estimate of drug-likeness (QED) is 0.734. The Kier molecular flexibility index (Phi) is 3.73. The van der Waals surface area contributed by atoms with Crippen molar-refractivity contribution in [3.8, 4) is 23.0 Å². The lowest BCUT2D eigenvalue weighted by atomic mass is 10.1. The van der Waals surface area contributed by atoms with E-state index in [1.54, 1.807) is 10.8 Å². The molecular formula is C19H17N5O2. The number of carbonyl (C=O) groups is 1. The minimum Gasteiger partial charge on any atom is -0.464 e. The highest BCUT2D eigenvalue weighted by atomic mass is 16.5. The van der Waals surface area contributed by atoms with E-state index in [9.17, 15) is 10.1 Å². The molecule has 4 rings (SSSR count). The van der Waals surface area contributed by atoms with Crippen LogP contribution in [0.4, 0.5) is 5.69 Å². The van der Waals surface area contributed by atoms with Gasteiger partial charge in [-0.05, 0) is 24.1 Å². The number of ether oxygens (including phenoxy) is 1. The monoisotopic (exact) mass is 347 g/mol. The summed E-state index contributed by atoms with van der Waals surface area (Å²) in [5.41, 5.74) is 9.32. The van der Waals surface area contributed by atoms with Crippen LogP contribution in [0.25, 0.3) is 16.9 Å². The van der Waals surface area contributed by atoms with Gasteiger partial charge in [-0.3, -0.25) is 0 Å². The Morgan fingerprint density at radius 3 is 2.81 bits per heavy atom. The number of aromatic nitrogens is 3. The second-order valence-corrected chi connectivity index (χ2v) is 6.14. The van der Waals surface area contributed by atoms with Crippen LogP contribution in [0.15, 0.2) is 36.7 Å². The molecule has 3 aromatic rings. The lowest BCUT2D eigenvalue weighted by Crippen LogP contribution is -2.11. The smallest absolute Gasteiger partial charge is 0.357 e. The fraction of sp³-hybridized carbons (Fsp3) is 0.211. The van der Waals surface area contributed by atoms with Gasteiger partial charge in [0.05, 0.1) is 30.3 Å². The van der Waals surface area contributed by atoms with Gasteiger partial charge in [0.25, 0.3) is 0 Å². The summed E-state index contributed by atoms with van der Waals surface area (Å²) in [5, 5.41) is 9.21. The molecule has 0 fully saturated rings. The zero-order chi connectivity index (χ0) is 18.3. The molecule has 0 radical (unpaired) electrons. The Morgan fingerprint density at radius 1 is 1.35 bits per heavy atom. The van der Waals surface area contributed by atoms with Crippen LogP contribution in [0, 0.1) is 11.3 Å². The highest BCUT2D eigenvalue weighted by Gasteiger charge is 2.22. The number of benzene rings is 1. The summed E-state index contributed by atoms with van der Waals surface area (Å²) in [5.74, 6) is 0.538. The van der Waals surface area contributed by atoms with Crippen LogP contribution in [-0.4, -0.2) is 27.2 Å². The van der Waals surface area contributed by atoms with E-state index < -0.39 is 5.97 Å². The molecule has 2 N–H and O–H groups in total. The standard InChI is InChI=1S/C19H17N5O2/c1-26-19(25)18-17(21)13(9-20)11-24(18)14-6-4-12(5-7-14)15-10-22-16-3-2-8-23(15)16/h4-7,10-11H,2-3,8,21H2,1H3. The lowest BCUT2D eigenvalue weighted by Gasteiger charge is -2.10. The first-order chi connectivity index (χ1) is 12.6. The van der Waals surface area contributed by atoms with Gasteiger partial charge < -0.3 is 19.6 Å². The molecule has 0 spiro atoms. The van der Waals surface area contributed by atoms with E-state index in [0.717, 1.165) is 42.2 Å². The Morgan fingerprint density at radius 2 is 2.12 bits per heavy atom. The van der Waals surface area contributed by atoms with Gasteiger partial charge in [0.15, 0.2) is 5.69 Å².